The number of nitrogens with zero attached hydrogens (tertiary/aromatic N) is 3. The number of aromatic nitrogens is 2. The van der Waals surface area contributed by atoms with Gasteiger partial charge in [-0.2, -0.15) is 24.9 Å². The van der Waals surface area contributed by atoms with Crippen LogP contribution in [0.25, 0.3) is 0 Å². The van der Waals surface area contributed by atoms with Gasteiger partial charge in [-0.3, -0.25) is 0 Å². The summed E-state index contributed by atoms with van der Waals surface area (Å²) in [7, 11) is 0. The summed E-state index contributed by atoms with van der Waals surface area (Å²) in [4.78, 5) is 10.7. The van der Waals surface area contributed by atoms with Crippen LogP contribution in [0.4, 0.5) is 24.8 Å². The summed E-state index contributed by atoms with van der Waals surface area (Å²) >= 11 is 1.69. The summed E-state index contributed by atoms with van der Waals surface area (Å²) < 4.78 is 45.8. The van der Waals surface area contributed by atoms with E-state index in [2.05, 4.69) is 27.1 Å². The van der Waals surface area contributed by atoms with Crippen LogP contribution in [0, 0.1) is 5.92 Å². The van der Waals surface area contributed by atoms with Gasteiger partial charge in [0.25, 0.3) is 0 Å². The Hall–Kier alpha value is -2.16. The van der Waals surface area contributed by atoms with E-state index in [9.17, 15) is 13.2 Å². The maximum Gasteiger partial charge on any atom is 0.416 e. The number of thioether (sulfide) groups is 1. The Labute approximate surface area is 212 Å². The van der Waals surface area contributed by atoms with E-state index < -0.39 is 11.7 Å². The number of hydrogen-bond acceptors (Lipinski definition) is 6. The quantitative estimate of drug-likeness (QED) is 0.319. The van der Waals surface area contributed by atoms with Gasteiger partial charge in [0.15, 0.2) is 5.75 Å². The fourth-order valence-electron chi connectivity index (χ4n) is 4.19. The van der Waals surface area contributed by atoms with Crippen LogP contribution in [-0.2, 0) is 12.7 Å². The van der Waals surface area contributed by atoms with Gasteiger partial charge in [-0.15, -0.1) is 0 Å². The Balaban J connectivity index is 0.00000210. The molecule has 0 atom stereocenters. The van der Waals surface area contributed by atoms with Gasteiger partial charge in [-0.05, 0) is 55.7 Å². The highest BCUT2D eigenvalue weighted by molar-refractivity contribution is 7.98. The molecule has 1 aromatic carbocycles. The maximum absolute atomic E-state index is 13.4. The summed E-state index contributed by atoms with van der Waals surface area (Å²) in [6.45, 7) is 8.43. The normalized spacial score (nSPS) is 14.1. The minimum atomic E-state index is -4.39. The number of rotatable bonds is 11. The molecule has 1 aliphatic carbocycles. The molecule has 3 rings (SSSR count). The van der Waals surface area contributed by atoms with Crippen molar-refractivity contribution in [2.45, 2.75) is 65.6 Å². The van der Waals surface area contributed by atoms with Gasteiger partial charge in [0.05, 0.1) is 24.6 Å². The van der Waals surface area contributed by atoms with Crippen LogP contribution >= 0.6 is 11.8 Å². The molecule has 0 saturated heterocycles. The van der Waals surface area contributed by atoms with Crippen molar-refractivity contribution in [3.05, 3.63) is 41.7 Å². The maximum atomic E-state index is 13.4. The summed E-state index contributed by atoms with van der Waals surface area (Å²) in [6, 6.07) is 4.03. The SMILES string of the molecule is CC.CCN(CC1CCCCC1)c1ccc(C(F)(F)F)cc1CNc1ncc(OCCSC)cn1. The molecule has 1 saturated carbocycles. The van der Waals surface area contributed by atoms with Crippen molar-refractivity contribution in [3.8, 4) is 5.75 Å². The Bertz CT molecular complexity index is 859. The van der Waals surface area contributed by atoms with E-state index in [1.54, 1.807) is 30.2 Å². The minimum absolute atomic E-state index is 0.201. The predicted molar refractivity (Wildman–Crippen MR) is 140 cm³/mol. The Morgan fingerprint density at radius 2 is 1.80 bits per heavy atom. The smallest absolute Gasteiger partial charge is 0.416 e. The third kappa shape index (κ3) is 9.43. The van der Waals surface area contributed by atoms with Crippen molar-refractivity contribution in [2.75, 3.05) is 41.9 Å². The van der Waals surface area contributed by atoms with E-state index in [0.717, 1.165) is 24.5 Å². The topological polar surface area (TPSA) is 50.3 Å². The number of ether oxygens (including phenoxy) is 1. The largest absolute Gasteiger partial charge is 0.489 e. The van der Waals surface area contributed by atoms with Crippen molar-refractivity contribution in [1.29, 1.82) is 0 Å². The second-order valence-electron chi connectivity index (χ2n) is 8.32. The first-order valence-corrected chi connectivity index (χ1v) is 13.9. The molecule has 1 aliphatic rings. The Morgan fingerprint density at radius 1 is 1.11 bits per heavy atom. The van der Waals surface area contributed by atoms with Gasteiger partial charge in [0.2, 0.25) is 5.95 Å². The van der Waals surface area contributed by atoms with E-state index in [1.807, 2.05) is 20.1 Å². The number of anilines is 2. The fraction of sp³-hybridized carbons (Fsp3) is 0.615. The zero-order valence-corrected chi connectivity index (χ0v) is 22.1. The monoisotopic (exact) mass is 512 g/mol. The van der Waals surface area contributed by atoms with Crippen LogP contribution in [0.5, 0.6) is 5.75 Å². The van der Waals surface area contributed by atoms with Gasteiger partial charge in [-0.25, -0.2) is 9.97 Å². The lowest BCUT2D eigenvalue weighted by molar-refractivity contribution is -0.137. The molecule has 0 aliphatic heterocycles. The van der Waals surface area contributed by atoms with Crippen LogP contribution in [0.15, 0.2) is 30.6 Å². The second-order valence-corrected chi connectivity index (χ2v) is 9.31. The Kier molecular flexibility index (Phi) is 12.5. The molecule has 1 heterocycles. The molecule has 9 heteroatoms. The van der Waals surface area contributed by atoms with Crippen molar-refractivity contribution in [3.63, 3.8) is 0 Å². The molecule has 0 radical (unpaired) electrons. The fourth-order valence-corrected chi connectivity index (χ4v) is 4.44. The molecule has 1 aromatic heterocycles. The molecule has 0 bridgehead atoms. The highest BCUT2D eigenvalue weighted by Crippen LogP contribution is 2.34. The predicted octanol–water partition coefficient (Wildman–Crippen LogP) is 7.28. The molecule has 196 valence electrons. The molecule has 35 heavy (non-hydrogen) atoms. The van der Waals surface area contributed by atoms with Crippen molar-refractivity contribution in [1.82, 2.24) is 9.97 Å². The summed E-state index contributed by atoms with van der Waals surface area (Å²) in [5.41, 5.74) is 0.780. The van der Waals surface area contributed by atoms with Gasteiger partial charge in [0, 0.05) is 31.1 Å². The number of alkyl halides is 3. The minimum Gasteiger partial charge on any atom is -0.489 e. The lowest BCUT2D eigenvalue weighted by Crippen LogP contribution is -2.31. The van der Waals surface area contributed by atoms with E-state index >= 15 is 0 Å². The van der Waals surface area contributed by atoms with Crippen LogP contribution in [0.3, 0.4) is 0 Å². The molecular formula is C26H39F3N4OS. The lowest BCUT2D eigenvalue weighted by atomic mass is 9.88. The van der Waals surface area contributed by atoms with E-state index in [4.69, 9.17) is 4.74 Å². The molecule has 0 spiro atoms. The van der Waals surface area contributed by atoms with Crippen LogP contribution in [0.1, 0.15) is 64.0 Å². The third-order valence-corrected chi connectivity index (χ3v) is 6.53. The molecular weight excluding hydrogens is 473 g/mol. The van der Waals surface area contributed by atoms with Crippen LogP contribution < -0.4 is 15.0 Å². The van der Waals surface area contributed by atoms with E-state index in [0.29, 0.717) is 29.8 Å². The van der Waals surface area contributed by atoms with Crippen LogP contribution in [0.2, 0.25) is 0 Å². The molecule has 0 unspecified atom stereocenters. The van der Waals surface area contributed by atoms with E-state index in [-0.39, 0.29) is 6.54 Å². The zero-order valence-electron chi connectivity index (χ0n) is 21.3. The average molecular weight is 513 g/mol. The second kappa shape index (κ2) is 15.1. The number of benzene rings is 1. The van der Waals surface area contributed by atoms with Gasteiger partial charge < -0.3 is 15.0 Å². The van der Waals surface area contributed by atoms with Gasteiger partial charge in [0.1, 0.15) is 0 Å². The summed E-state index contributed by atoms with van der Waals surface area (Å²) in [5.74, 6) is 2.38. The number of hydrogen-bond donors (Lipinski definition) is 1. The molecule has 1 N–H and O–H groups in total. The Morgan fingerprint density at radius 3 is 2.40 bits per heavy atom. The molecule has 0 amide bonds. The number of halogens is 3. The van der Waals surface area contributed by atoms with Crippen molar-refractivity contribution in [2.24, 2.45) is 5.92 Å². The van der Waals surface area contributed by atoms with Gasteiger partial charge in [-0.1, -0.05) is 33.1 Å². The zero-order chi connectivity index (χ0) is 25.7. The summed E-state index contributed by atoms with van der Waals surface area (Å²) in [6.07, 6.45) is 6.88. The molecule has 2 aromatic rings. The number of nitrogens with one attached hydrogen (secondary N) is 1. The molecule has 5 nitrogen and oxygen atoms in total. The molecule has 1 fully saturated rings. The first-order valence-electron chi connectivity index (χ1n) is 12.5. The highest BCUT2D eigenvalue weighted by Gasteiger charge is 2.31. The first-order chi connectivity index (χ1) is 16.9. The lowest BCUT2D eigenvalue weighted by Gasteiger charge is -2.32. The van der Waals surface area contributed by atoms with Gasteiger partial charge >= 0.3 is 6.18 Å². The standard InChI is InChI=1S/C24H33F3N4OS.C2H6/c1-3-31(17-18-7-5-4-6-8-18)22-10-9-20(24(25,26)27)13-19(22)14-28-23-29-15-21(16-30-23)32-11-12-33-2;1-2/h9-10,13,15-16,18H,3-8,11-12,14,17H2,1-2H3,(H,28,29,30);1-2H3. The highest BCUT2D eigenvalue weighted by atomic mass is 32.2. The van der Waals surface area contributed by atoms with Crippen LogP contribution in [-0.4, -0.2) is 41.7 Å². The van der Waals surface area contributed by atoms with E-state index in [1.165, 1.54) is 44.2 Å². The first kappa shape index (κ1) is 29.1. The summed E-state index contributed by atoms with van der Waals surface area (Å²) in [5, 5.41) is 3.08. The average Bonchev–Trinajstić information content (AvgIpc) is 2.88. The van der Waals surface area contributed by atoms with Crippen molar-refractivity contribution >= 4 is 23.4 Å². The van der Waals surface area contributed by atoms with Crippen molar-refractivity contribution < 1.29 is 17.9 Å². The third-order valence-electron chi connectivity index (χ3n) is 5.95.